The Morgan fingerprint density at radius 2 is 2.27 bits per heavy atom. The van der Waals surface area contributed by atoms with Crippen LogP contribution in [0.5, 0.6) is 5.75 Å². The van der Waals surface area contributed by atoms with Crippen molar-refractivity contribution in [2.75, 3.05) is 13.7 Å². The van der Waals surface area contributed by atoms with Gasteiger partial charge in [0.1, 0.15) is 5.75 Å². The monoisotopic (exact) mass is 203 g/mol. The molecule has 0 N–H and O–H groups in total. The zero-order chi connectivity index (χ0) is 10.7. The lowest BCUT2D eigenvalue weighted by Gasteiger charge is -2.17. The van der Waals surface area contributed by atoms with Crippen molar-refractivity contribution in [2.45, 2.75) is 26.2 Å². The van der Waals surface area contributed by atoms with E-state index >= 15 is 0 Å². The Labute approximate surface area is 91.0 Å². The van der Waals surface area contributed by atoms with Gasteiger partial charge in [-0.1, -0.05) is 13.3 Å². The topological polar surface area (TPSA) is 21.6 Å². The van der Waals surface area contributed by atoms with Gasteiger partial charge in [-0.15, -0.1) is 0 Å². The van der Waals surface area contributed by atoms with Crippen molar-refractivity contribution >= 4 is 5.71 Å². The number of methoxy groups -OCH3 is 1. The molecular formula is C13H17NO. The maximum absolute atomic E-state index is 5.24. The van der Waals surface area contributed by atoms with Crippen molar-refractivity contribution in [3.63, 3.8) is 0 Å². The molecule has 2 rings (SSSR count). The highest BCUT2D eigenvalue weighted by Gasteiger charge is 2.13. The lowest BCUT2D eigenvalue weighted by molar-refractivity contribution is 0.414. The Morgan fingerprint density at radius 3 is 3.00 bits per heavy atom. The Morgan fingerprint density at radius 1 is 1.40 bits per heavy atom. The third-order valence-corrected chi connectivity index (χ3v) is 2.79. The minimum absolute atomic E-state index is 0.926. The summed E-state index contributed by atoms with van der Waals surface area (Å²) in [6.45, 7) is 3.12. The van der Waals surface area contributed by atoms with Gasteiger partial charge in [-0.3, -0.25) is 4.99 Å². The molecule has 15 heavy (non-hydrogen) atoms. The molecule has 0 fully saturated rings. The molecule has 0 unspecified atom stereocenters. The summed E-state index contributed by atoms with van der Waals surface area (Å²) in [5.74, 6) is 0.950. The average molecular weight is 203 g/mol. The lowest BCUT2D eigenvalue weighted by Crippen LogP contribution is -2.12. The van der Waals surface area contributed by atoms with E-state index in [4.69, 9.17) is 4.74 Å². The van der Waals surface area contributed by atoms with Crippen molar-refractivity contribution in [1.82, 2.24) is 0 Å². The summed E-state index contributed by atoms with van der Waals surface area (Å²) < 4.78 is 5.24. The zero-order valence-corrected chi connectivity index (χ0v) is 9.42. The fourth-order valence-corrected chi connectivity index (χ4v) is 2.03. The van der Waals surface area contributed by atoms with Gasteiger partial charge in [0.05, 0.1) is 7.11 Å². The number of rotatable bonds is 3. The van der Waals surface area contributed by atoms with Crippen LogP contribution in [0.15, 0.2) is 23.2 Å². The van der Waals surface area contributed by atoms with Crippen LogP contribution in [-0.4, -0.2) is 19.4 Å². The van der Waals surface area contributed by atoms with Gasteiger partial charge in [0.25, 0.3) is 0 Å². The van der Waals surface area contributed by atoms with Crippen LogP contribution in [0, 0.1) is 0 Å². The van der Waals surface area contributed by atoms with E-state index in [1.807, 2.05) is 6.07 Å². The molecule has 2 nitrogen and oxygen atoms in total. The van der Waals surface area contributed by atoms with Crippen LogP contribution in [0.2, 0.25) is 0 Å². The van der Waals surface area contributed by atoms with E-state index in [9.17, 15) is 0 Å². The first-order valence-electron chi connectivity index (χ1n) is 5.55. The summed E-state index contributed by atoms with van der Waals surface area (Å²) in [6.07, 6.45) is 3.28. The molecule has 0 aromatic heterocycles. The van der Waals surface area contributed by atoms with Crippen LogP contribution >= 0.6 is 0 Å². The molecule has 0 aliphatic carbocycles. The standard InChI is InChI=1S/C13H17NO/c1-3-4-13-12-6-5-11(15-2)9-10(12)7-8-14-13/h5-6,9H,3-4,7-8H2,1-2H3. The van der Waals surface area contributed by atoms with E-state index in [2.05, 4.69) is 24.0 Å². The van der Waals surface area contributed by atoms with E-state index in [1.54, 1.807) is 7.11 Å². The van der Waals surface area contributed by atoms with Gasteiger partial charge in [-0.2, -0.15) is 0 Å². The van der Waals surface area contributed by atoms with E-state index < -0.39 is 0 Å². The fourth-order valence-electron chi connectivity index (χ4n) is 2.03. The SMILES string of the molecule is CCCC1=NCCc2cc(OC)ccc21. The zero-order valence-electron chi connectivity index (χ0n) is 9.42. The van der Waals surface area contributed by atoms with Crippen molar-refractivity contribution in [2.24, 2.45) is 4.99 Å². The third-order valence-electron chi connectivity index (χ3n) is 2.79. The normalized spacial score (nSPS) is 14.4. The fraction of sp³-hybridized carbons (Fsp3) is 0.462. The number of hydrogen-bond acceptors (Lipinski definition) is 2. The summed E-state index contributed by atoms with van der Waals surface area (Å²) >= 11 is 0. The van der Waals surface area contributed by atoms with Crippen molar-refractivity contribution < 1.29 is 4.74 Å². The minimum atomic E-state index is 0.926. The highest BCUT2D eigenvalue weighted by atomic mass is 16.5. The number of benzene rings is 1. The van der Waals surface area contributed by atoms with E-state index in [0.717, 1.165) is 31.6 Å². The molecule has 0 saturated carbocycles. The van der Waals surface area contributed by atoms with Crippen LogP contribution in [-0.2, 0) is 6.42 Å². The van der Waals surface area contributed by atoms with Crippen molar-refractivity contribution in [3.8, 4) is 5.75 Å². The second-order valence-electron chi connectivity index (χ2n) is 3.85. The molecule has 0 atom stereocenters. The number of aliphatic imine (C=N–C) groups is 1. The Hall–Kier alpha value is -1.31. The van der Waals surface area contributed by atoms with Gasteiger partial charge in [-0.05, 0) is 42.2 Å². The average Bonchev–Trinajstić information content (AvgIpc) is 2.29. The Bertz CT molecular complexity index is 382. The molecule has 0 spiro atoms. The molecular weight excluding hydrogens is 186 g/mol. The van der Waals surface area contributed by atoms with Crippen LogP contribution in [0.25, 0.3) is 0 Å². The van der Waals surface area contributed by atoms with Gasteiger partial charge in [0.15, 0.2) is 0 Å². The molecule has 1 aromatic carbocycles. The van der Waals surface area contributed by atoms with Crippen LogP contribution in [0.3, 0.4) is 0 Å². The maximum Gasteiger partial charge on any atom is 0.119 e. The molecule has 0 radical (unpaired) electrons. The van der Waals surface area contributed by atoms with Gasteiger partial charge in [0.2, 0.25) is 0 Å². The summed E-state index contributed by atoms with van der Waals surface area (Å²) in [7, 11) is 1.71. The number of hydrogen-bond donors (Lipinski definition) is 0. The first-order valence-corrected chi connectivity index (χ1v) is 5.55. The van der Waals surface area contributed by atoms with Crippen molar-refractivity contribution in [1.29, 1.82) is 0 Å². The summed E-state index contributed by atoms with van der Waals surface area (Å²) in [4.78, 5) is 4.59. The van der Waals surface area contributed by atoms with E-state index in [-0.39, 0.29) is 0 Å². The molecule has 0 saturated heterocycles. The molecule has 0 bridgehead atoms. The second-order valence-corrected chi connectivity index (χ2v) is 3.85. The summed E-state index contributed by atoms with van der Waals surface area (Å²) in [5, 5.41) is 0. The van der Waals surface area contributed by atoms with Crippen molar-refractivity contribution in [3.05, 3.63) is 29.3 Å². The van der Waals surface area contributed by atoms with Gasteiger partial charge in [0, 0.05) is 12.3 Å². The van der Waals surface area contributed by atoms with Gasteiger partial charge in [-0.25, -0.2) is 0 Å². The first-order chi connectivity index (χ1) is 7.35. The smallest absolute Gasteiger partial charge is 0.119 e. The number of fused-ring (bicyclic) bond motifs is 1. The van der Waals surface area contributed by atoms with Gasteiger partial charge >= 0.3 is 0 Å². The highest BCUT2D eigenvalue weighted by Crippen LogP contribution is 2.23. The number of nitrogens with zero attached hydrogens (tertiary/aromatic N) is 1. The largest absolute Gasteiger partial charge is 0.497 e. The highest BCUT2D eigenvalue weighted by molar-refractivity contribution is 6.02. The predicted octanol–water partition coefficient (Wildman–Crippen LogP) is 2.84. The molecule has 1 aliphatic rings. The molecule has 1 heterocycles. The van der Waals surface area contributed by atoms with Crippen LogP contribution in [0.4, 0.5) is 0 Å². The molecule has 0 amide bonds. The Kier molecular flexibility index (Phi) is 3.05. The van der Waals surface area contributed by atoms with E-state index in [1.165, 1.54) is 16.8 Å². The molecule has 2 heteroatoms. The van der Waals surface area contributed by atoms with Crippen LogP contribution in [0.1, 0.15) is 30.9 Å². The quantitative estimate of drug-likeness (QED) is 0.740. The van der Waals surface area contributed by atoms with Crippen LogP contribution < -0.4 is 4.74 Å². The third kappa shape index (κ3) is 2.04. The lowest BCUT2D eigenvalue weighted by atomic mass is 9.95. The summed E-state index contributed by atoms with van der Waals surface area (Å²) in [6, 6.07) is 6.30. The first kappa shape index (κ1) is 10.2. The minimum Gasteiger partial charge on any atom is -0.497 e. The molecule has 1 aliphatic heterocycles. The molecule has 1 aromatic rings. The maximum atomic E-state index is 5.24. The van der Waals surface area contributed by atoms with Gasteiger partial charge < -0.3 is 4.74 Å². The predicted molar refractivity (Wildman–Crippen MR) is 63.0 cm³/mol. The second kappa shape index (κ2) is 4.47. The Balaban J connectivity index is 2.35. The van der Waals surface area contributed by atoms with E-state index in [0.29, 0.717) is 0 Å². The number of ether oxygens (including phenoxy) is 1. The summed E-state index contributed by atoms with van der Waals surface area (Å²) in [5.41, 5.74) is 3.97. The molecule has 80 valence electrons.